The smallest absolute Gasteiger partial charge is 0.146 e. The molecule has 1 aliphatic rings. The van der Waals surface area contributed by atoms with E-state index in [1.54, 1.807) is 18.2 Å². The summed E-state index contributed by atoms with van der Waals surface area (Å²) >= 11 is 5.76. The minimum absolute atomic E-state index is 0.188. The van der Waals surface area contributed by atoms with Gasteiger partial charge in [0.1, 0.15) is 5.82 Å². The van der Waals surface area contributed by atoms with Gasteiger partial charge in [0.25, 0.3) is 0 Å². The van der Waals surface area contributed by atoms with Crippen molar-refractivity contribution in [3.8, 4) is 0 Å². The summed E-state index contributed by atoms with van der Waals surface area (Å²) in [7, 11) is 0. The Kier molecular flexibility index (Phi) is 4.98. The molecule has 1 fully saturated rings. The normalized spacial score (nSPS) is 18.8. The molecule has 1 aromatic carbocycles. The Labute approximate surface area is 112 Å². The number of hydrogen-bond donors (Lipinski definition) is 1. The van der Waals surface area contributed by atoms with Crippen LogP contribution in [0.4, 0.5) is 4.39 Å². The minimum atomic E-state index is -0.314. The van der Waals surface area contributed by atoms with E-state index in [4.69, 9.17) is 16.3 Å². The van der Waals surface area contributed by atoms with Crippen molar-refractivity contribution in [3.63, 3.8) is 0 Å². The van der Waals surface area contributed by atoms with Crippen molar-refractivity contribution in [2.45, 2.75) is 32.4 Å². The van der Waals surface area contributed by atoms with E-state index >= 15 is 0 Å². The van der Waals surface area contributed by atoms with Gasteiger partial charge in [0.2, 0.25) is 0 Å². The van der Waals surface area contributed by atoms with E-state index in [1.165, 1.54) is 0 Å². The van der Waals surface area contributed by atoms with Gasteiger partial charge in [-0.3, -0.25) is 0 Å². The molecule has 1 saturated heterocycles. The molecule has 1 aliphatic heterocycles. The van der Waals surface area contributed by atoms with Gasteiger partial charge in [0.05, 0.1) is 5.02 Å². The summed E-state index contributed by atoms with van der Waals surface area (Å²) in [6, 6.07) is 5.49. The first kappa shape index (κ1) is 13.8. The molecule has 0 spiro atoms. The van der Waals surface area contributed by atoms with Crippen LogP contribution < -0.4 is 5.32 Å². The molecule has 1 unspecified atom stereocenters. The molecule has 2 rings (SSSR count). The summed E-state index contributed by atoms with van der Waals surface area (Å²) in [6.45, 7) is 4.34. The zero-order valence-electron chi connectivity index (χ0n) is 10.6. The first-order valence-electron chi connectivity index (χ1n) is 6.42. The third-order valence-electron chi connectivity index (χ3n) is 3.62. The second-order valence-corrected chi connectivity index (χ2v) is 5.24. The van der Waals surface area contributed by atoms with Crippen LogP contribution >= 0.6 is 11.6 Å². The van der Waals surface area contributed by atoms with Gasteiger partial charge in [-0.1, -0.05) is 23.7 Å². The highest BCUT2D eigenvalue weighted by molar-refractivity contribution is 6.30. The zero-order valence-corrected chi connectivity index (χ0v) is 11.3. The standard InChI is InChI=1S/C14H19ClFNO/c1-10(11-5-7-18-8-6-11)17-9-12-3-2-4-13(15)14(12)16/h2-4,10-11,17H,5-9H2,1H3. The van der Waals surface area contributed by atoms with E-state index in [9.17, 15) is 4.39 Å². The molecule has 0 radical (unpaired) electrons. The molecule has 0 bridgehead atoms. The van der Waals surface area contributed by atoms with E-state index in [2.05, 4.69) is 12.2 Å². The van der Waals surface area contributed by atoms with Gasteiger partial charge in [-0.2, -0.15) is 0 Å². The van der Waals surface area contributed by atoms with Crippen LogP contribution in [0.15, 0.2) is 18.2 Å². The lowest BCUT2D eigenvalue weighted by Gasteiger charge is -2.28. The van der Waals surface area contributed by atoms with Crippen molar-refractivity contribution in [2.75, 3.05) is 13.2 Å². The molecular formula is C14H19ClFNO. The van der Waals surface area contributed by atoms with Crippen LogP contribution in [0, 0.1) is 11.7 Å². The maximum atomic E-state index is 13.7. The highest BCUT2D eigenvalue weighted by Gasteiger charge is 2.20. The van der Waals surface area contributed by atoms with E-state index < -0.39 is 0 Å². The van der Waals surface area contributed by atoms with Crippen molar-refractivity contribution >= 4 is 11.6 Å². The van der Waals surface area contributed by atoms with E-state index in [0.717, 1.165) is 26.1 Å². The summed E-state index contributed by atoms with van der Waals surface area (Å²) in [5, 5.41) is 3.57. The van der Waals surface area contributed by atoms with Gasteiger partial charge in [-0.05, 0) is 31.7 Å². The van der Waals surface area contributed by atoms with Gasteiger partial charge >= 0.3 is 0 Å². The first-order chi connectivity index (χ1) is 8.68. The lowest BCUT2D eigenvalue weighted by Crippen LogP contribution is -2.36. The fraction of sp³-hybridized carbons (Fsp3) is 0.571. The lowest BCUT2D eigenvalue weighted by atomic mass is 9.93. The van der Waals surface area contributed by atoms with E-state index in [-0.39, 0.29) is 10.8 Å². The second-order valence-electron chi connectivity index (χ2n) is 4.83. The van der Waals surface area contributed by atoms with Crippen LogP contribution in [0.2, 0.25) is 5.02 Å². The molecule has 1 aromatic rings. The number of benzene rings is 1. The highest BCUT2D eigenvalue weighted by Crippen LogP contribution is 2.20. The molecule has 0 aliphatic carbocycles. The molecule has 0 aromatic heterocycles. The summed E-state index contributed by atoms with van der Waals surface area (Å²) < 4.78 is 19.0. The van der Waals surface area contributed by atoms with Crippen molar-refractivity contribution in [3.05, 3.63) is 34.6 Å². The van der Waals surface area contributed by atoms with E-state index in [0.29, 0.717) is 24.1 Å². The monoisotopic (exact) mass is 271 g/mol. The Morgan fingerprint density at radius 3 is 2.89 bits per heavy atom. The number of ether oxygens (including phenoxy) is 1. The second kappa shape index (κ2) is 6.50. The SMILES string of the molecule is CC(NCc1cccc(Cl)c1F)C1CCOCC1. The molecule has 4 heteroatoms. The molecule has 1 N–H and O–H groups in total. The maximum absolute atomic E-state index is 13.7. The van der Waals surface area contributed by atoms with Crippen LogP contribution in [0.3, 0.4) is 0 Å². The van der Waals surface area contributed by atoms with Crippen molar-refractivity contribution in [1.82, 2.24) is 5.32 Å². The summed E-state index contributed by atoms with van der Waals surface area (Å²) in [5.74, 6) is 0.298. The van der Waals surface area contributed by atoms with Crippen LogP contribution in [-0.4, -0.2) is 19.3 Å². The van der Waals surface area contributed by atoms with Crippen LogP contribution in [0.1, 0.15) is 25.3 Å². The van der Waals surface area contributed by atoms with E-state index in [1.807, 2.05) is 0 Å². The fourth-order valence-electron chi connectivity index (χ4n) is 2.34. The van der Waals surface area contributed by atoms with Crippen molar-refractivity contribution in [1.29, 1.82) is 0 Å². The molecule has 1 atom stereocenters. The Morgan fingerprint density at radius 1 is 1.44 bits per heavy atom. The van der Waals surface area contributed by atoms with Crippen LogP contribution in [0.25, 0.3) is 0 Å². The maximum Gasteiger partial charge on any atom is 0.146 e. The van der Waals surface area contributed by atoms with Gasteiger partial charge in [0, 0.05) is 31.4 Å². The van der Waals surface area contributed by atoms with Gasteiger partial charge in [-0.15, -0.1) is 0 Å². The molecule has 0 amide bonds. The summed E-state index contributed by atoms with van der Waals surface area (Å²) in [4.78, 5) is 0. The van der Waals surface area contributed by atoms with Gasteiger partial charge in [-0.25, -0.2) is 4.39 Å². The zero-order chi connectivity index (χ0) is 13.0. The number of nitrogens with one attached hydrogen (secondary N) is 1. The predicted molar refractivity (Wildman–Crippen MR) is 71.3 cm³/mol. The number of halogens is 2. The Morgan fingerprint density at radius 2 is 2.17 bits per heavy atom. The molecule has 18 heavy (non-hydrogen) atoms. The first-order valence-corrected chi connectivity index (χ1v) is 6.80. The van der Waals surface area contributed by atoms with Gasteiger partial charge < -0.3 is 10.1 Å². The minimum Gasteiger partial charge on any atom is -0.381 e. The Hall–Kier alpha value is -0.640. The average Bonchev–Trinajstić information content (AvgIpc) is 2.41. The van der Waals surface area contributed by atoms with Gasteiger partial charge in [0.15, 0.2) is 0 Å². The molecular weight excluding hydrogens is 253 g/mol. The quantitative estimate of drug-likeness (QED) is 0.906. The topological polar surface area (TPSA) is 21.3 Å². The predicted octanol–water partition coefficient (Wildman–Crippen LogP) is 3.38. The summed E-state index contributed by atoms with van der Waals surface area (Å²) in [5.41, 5.74) is 0.626. The highest BCUT2D eigenvalue weighted by atomic mass is 35.5. The Balaban J connectivity index is 1.88. The fourth-order valence-corrected chi connectivity index (χ4v) is 2.53. The number of hydrogen-bond acceptors (Lipinski definition) is 2. The molecule has 0 saturated carbocycles. The largest absolute Gasteiger partial charge is 0.381 e. The Bertz CT molecular complexity index is 393. The van der Waals surface area contributed by atoms with Crippen molar-refractivity contribution < 1.29 is 9.13 Å². The van der Waals surface area contributed by atoms with Crippen LogP contribution in [-0.2, 0) is 11.3 Å². The molecule has 2 nitrogen and oxygen atoms in total. The third-order valence-corrected chi connectivity index (χ3v) is 3.91. The molecule has 1 heterocycles. The molecule has 100 valence electrons. The lowest BCUT2D eigenvalue weighted by molar-refractivity contribution is 0.0557. The average molecular weight is 272 g/mol. The number of rotatable bonds is 4. The van der Waals surface area contributed by atoms with Crippen molar-refractivity contribution in [2.24, 2.45) is 5.92 Å². The third kappa shape index (κ3) is 3.44. The van der Waals surface area contributed by atoms with Crippen LogP contribution in [0.5, 0.6) is 0 Å². The summed E-state index contributed by atoms with van der Waals surface area (Å²) in [6.07, 6.45) is 2.15.